The van der Waals surface area contributed by atoms with Crippen molar-refractivity contribution >= 4 is 0 Å². The fourth-order valence-electron chi connectivity index (χ4n) is 2.56. The number of hydrogen-bond donors (Lipinski definition) is 1. The zero-order chi connectivity index (χ0) is 15.7. The highest BCUT2D eigenvalue weighted by molar-refractivity contribution is 5.31. The first-order valence-corrected chi connectivity index (χ1v) is 7.85. The Labute approximate surface area is 129 Å². The molecule has 0 bridgehead atoms. The number of methoxy groups -OCH3 is 1. The summed E-state index contributed by atoms with van der Waals surface area (Å²) in [5, 5.41) is 0. The number of rotatable bonds is 10. The van der Waals surface area contributed by atoms with E-state index >= 15 is 0 Å². The summed E-state index contributed by atoms with van der Waals surface area (Å²) in [6.45, 7) is 9.30. The van der Waals surface area contributed by atoms with Gasteiger partial charge < -0.3 is 15.2 Å². The Bertz CT molecular complexity index is 398. The molecule has 1 rings (SSSR count). The fourth-order valence-corrected chi connectivity index (χ4v) is 2.56. The summed E-state index contributed by atoms with van der Waals surface area (Å²) < 4.78 is 10.9. The number of benzene rings is 1. The molecule has 2 atom stereocenters. The van der Waals surface area contributed by atoms with Gasteiger partial charge in [-0.1, -0.05) is 19.1 Å². The third-order valence-corrected chi connectivity index (χ3v) is 3.89. The van der Waals surface area contributed by atoms with Crippen molar-refractivity contribution in [1.29, 1.82) is 0 Å². The summed E-state index contributed by atoms with van der Waals surface area (Å²) >= 11 is 0. The van der Waals surface area contributed by atoms with Crippen LogP contribution in [0.25, 0.3) is 0 Å². The monoisotopic (exact) mass is 294 g/mol. The maximum absolute atomic E-state index is 6.07. The van der Waals surface area contributed by atoms with Crippen molar-refractivity contribution < 1.29 is 9.47 Å². The predicted octanol–water partition coefficient (Wildman–Crippen LogP) is 2.83. The first-order chi connectivity index (χ1) is 10.2. The molecule has 0 radical (unpaired) electrons. The Morgan fingerprint density at radius 2 is 2.05 bits per heavy atom. The fraction of sp³-hybridized carbons (Fsp3) is 0.647. The van der Waals surface area contributed by atoms with E-state index in [-0.39, 0.29) is 6.04 Å². The second kappa shape index (κ2) is 9.77. The molecule has 1 aromatic rings. The topological polar surface area (TPSA) is 47.7 Å². The molecule has 120 valence electrons. The van der Waals surface area contributed by atoms with Crippen LogP contribution in [0.5, 0.6) is 5.75 Å². The molecular formula is C17H30N2O2. The maximum atomic E-state index is 6.07. The summed E-state index contributed by atoms with van der Waals surface area (Å²) in [5.74, 6) is 0.907. The average molecular weight is 294 g/mol. The van der Waals surface area contributed by atoms with Crippen LogP contribution >= 0.6 is 0 Å². The van der Waals surface area contributed by atoms with E-state index in [9.17, 15) is 0 Å². The van der Waals surface area contributed by atoms with E-state index in [1.54, 1.807) is 7.11 Å². The van der Waals surface area contributed by atoms with Crippen molar-refractivity contribution in [3.8, 4) is 5.75 Å². The molecule has 0 amide bonds. The lowest BCUT2D eigenvalue weighted by molar-refractivity contribution is 0.0901. The van der Waals surface area contributed by atoms with Gasteiger partial charge in [-0.3, -0.25) is 4.90 Å². The maximum Gasteiger partial charge on any atom is 0.119 e. The van der Waals surface area contributed by atoms with Crippen LogP contribution in [0.4, 0.5) is 0 Å². The molecule has 0 saturated heterocycles. The van der Waals surface area contributed by atoms with E-state index < -0.39 is 0 Å². The standard InChI is InChI=1S/C17H30N2O2/c1-5-14(3)19(10-11-20-4)17(13-18)15-8-7-9-16(12-15)21-6-2/h7-9,12,14,17H,5-6,10-11,13,18H2,1-4H3. The minimum Gasteiger partial charge on any atom is -0.494 e. The third kappa shape index (κ3) is 5.30. The second-order valence-electron chi connectivity index (χ2n) is 5.24. The highest BCUT2D eigenvalue weighted by atomic mass is 16.5. The molecule has 2 unspecified atom stereocenters. The zero-order valence-corrected chi connectivity index (χ0v) is 13.8. The van der Waals surface area contributed by atoms with Crippen LogP contribution in [-0.4, -0.2) is 44.4 Å². The van der Waals surface area contributed by atoms with Gasteiger partial charge in [-0.25, -0.2) is 0 Å². The summed E-state index contributed by atoms with van der Waals surface area (Å²) in [7, 11) is 1.74. The van der Waals surface area contributed by atoms with E-state index in [1.807, 2.05) is 19.1 Å². The van der Waals surface area contributed by atoms with E-state index in [1.165, 1.54) is 5.56 Å². The van der Waals surface area contributed by atoms with Crippen LogP contribution in [0, 0.1) is 0 Å². The van der Waals surface area contributed by atoms with Gasteiger partial charge in [-0.05, 0) is 38.0 Å². The molecule has 0 aliphatic carbocycles. The lowest BCUT2D eigenvalue weighted by Gasteiger charge is -2.36. The van der Waals surface area contributed by atoms with E-state index in [2.05, 4.69) is 30.9 Å². The molecule has 4 nitrogen and oxygen atoms in total. The van der Waals surface area contributed by atoms with Crippen molar-refractivity contribution in [2.24, 2.45) is 5.73 Å². The second-order valence-corrected chi connectivity index (χ2v) is 5.24. The number of hydrogen-bond acceptors (Lipinski definition) is 4. The molecule has 21 heavy (non-hydrogen) atoms. The molecule has 0 aromatic heterocycles. The molecule has 0 fully saturated rings. The zero-order valence-electron chi connectivity index (χ0n) is 13.8. The lowest BCUT2D eigenvalue weighted by Crippen LogP contribution is -2.41. The largest absolute Gasteiger partial charge is 0.494 e. The normalized spacial score (nSPS) is 14.2. The van der Waals surface area contributed by atoms with E-state index in [0.717, 1.165) is 18.7 Å². The molecule has 1 aromatic carbocycles. The van der Waals surface area contributed by atoms with Crippen LogP contribution in [-0.2, 0) is 4.74 Å². The predicted molar refractivity (Wildman–Crippen MR) is 87.7 cm³/mol. The van der Waals surface area contributed by atoms with Gasteiger partial charge in [0.25, 0.3) is 0 Å². The Balaban J connectivity index is 2.97. The van der Waals surface area contributed by atoms with E-state index in [4.69, 9.17) is 15.2 Å². The molecule has 0 aliphatic heterocycles. The Morgan fingerprint density at radius 3 is 2.62 bits per heavy atom. The van der Waals surface area contributed by atoms with Gasteiger partial charge in [0.2, 0.25) is 0 Å². The first kappa shape index (κ1) is 18.0. The summed E-state index contributed by atoms with van der Waals surface area (Å²) in [4.78, 5) is 2.43. The van der Waals surface area contributed by atoms with Crippen LogP contribution in [0.15, 0.2) is 24.3 Å². The minimum absolute atomic E-state index is 0.190. The van der Waals surface area contributed by atoms with Crippen LogP contribution in [0.2, 0.25) is 0 Å². The van der Waals surface area contributed by atoms with Crippen molar-refractivity contribution in [3.63, 3.8) is 0 Å². The highest BCUT2D eigenvalue weighted by Gasteiger charge is 2.23. The number of nitrogens with zero attached hydrogens (tertiary/aromatic N) is 1. The van der Waals surface area contributed by atoms with Gasteiger partial charge in [0.05, 0.1) is 13.2 Å². The number of ether oxygens (including phenoxy) is 2. The van der Waals surface area contributed by atoms with Crippen molar-refractivity contribution in [2.45, 2.75) is 39.3 Å². The van der Waals surface area contributed by atoms with Crippen LogP contribution in [0.3, 0.4) is 0 Å². The minimum atomic E-state index is 0.190. The van der Waals surface area contributed by atoms with Gasteiger partial charge in [0, 0.05) is 32.3 Å². The van der Waals surface area contributed by atoms with Gasteiger partial charge in [0.15, 0.2) is 0 Å². The molecule has 2 N–H and O–H groups in total. The Hall–Kier alpha value is -1.10. The van der Waals surface area contributed by atoms with Crippen molar-refractivity contribution in [3.05, 3.63) is 29.8 Å². The highest BCUT2D eigenvalue weighted by Crippen LogP contribution is 2.26. The summed E-state index contributed by atoms with van der Waals surface area (Å²) in [6, 6.07) is 8.91. The van der Waals surface area contributed by atoms with Crippen LogP contribution < -0.4 is 10.5 Å². The quantitative estimate of drug-likeness (QED) is 0.721. The summed E-state index contributed by atoms with van der Waals surface area (Å²) in [5.41, 5.74) is 7.28. The smallest absolute Gasteiger partial charge is 0.119 e. The first-order valence-electron chi connectivity index (χ1n) is 7.85. The van der Waals surface area contributed by atoms with E-state index in [0.29, 0.717) is 25.8 Å². The molecule has 0 heterocycles. The average Bonchev–Trinajstić information content (AvgIpc) is 2.51. The van der Waals surface area contributed by atoms with Gasteiger partial charge in [-0.2, -0.15) is 0 Å². The van der Waals surface area contributed by atoms with Crippen molar-refractivity contribution in [2.75, 3.05) is 33.4 Å². The summed E-state index contributed by atoms with van der Waals surface area (Å²) in [6.07, 6.45) is 1.09. The van der Waals surface area contributed by atoms with Crippen molar-refractivity contribution in [1.82, 2.24) is 4.90 Å². The van der Waals surface area contributed by atoms with Gasteiger partial charge in [-0.15, -0.1) is 0 Å². The van der Waals surface area contributed by atoms with Gasteiger partial charge in [0.1, 0.15) is 5.75 Å². The molecule has 0 saturated carbocycles. The molecule has 4 heteroatoms. The third-order valence-electron chi connectivity index (χ3n) is 3.89. The Morgan fingerprint density at radius 1 is 1.29 bits per heavy atom. The Kier molecular flexibility index (Phi) is 8.35. The SMILES string of the molecule is CCOc1cccc(C(CN)N(CCOC)C(C)CC)c1. The molecule has 0 aliphatic rings. The van der Waals surface area contributed by atoms with Crippen LogP contribution in [0.1, 0.15) is 38.8 Å². The number of nitrogens with two attached hydrogens (primary N) is 1. The van der Waals surface area contributed by atoms with Gasteiger partial charge >= 0.3 is 0 Å². The molecular weight excluding hydrogens is 264 g/mol. The lowest BCUT2D eigenvalue weighted by atomic mass is 10.0. The molecule has 0 spiro atoms.